The molecule has 0 amide bonds. The van der Waals surface area contributed by atoms with Crippen LogP contribution in [0.1, 0.15) is 20.3 Å². The molecule has 0 bridgehead atoms. The Labute approximate surface area is 90.2 Å². The molecule has 1 N–H and O–H groups in total. The molecule has 0 heterocycles. The van der Waals surface area contributed by atoms with E-state index in [0.29, 0.717) is 6.42 Å². The zero-order valence-corrected chi connectivity index (χ0v) is 9.21. The third-order valence-electron chi connectivity index (χ3n) is 2.72. The van der Waals surface area contributed by atoms with E-state index in [1.807, 2.05) is 0 Å². The second-order valence-electron chi connectivity index (χ2n) is 4.36. The zero-order valence-electron chi connectivity index (χ0n) is 7.70. The van der Waals surface area contributed by atoms with Crippen LogP contribution in [0.15, 0.2) is 0 Å². The largest absolute Gasteiger partial charge is 0.424 e. The van der Waals surface area contributed by atoms with E-state index in [2.05, 4.69) is 0 Å². The lowest BCUT2D eigenvalue weighted by molar-refractivity contribution is -0.165. The number of hydrogen-bond donors (Lipinski definition) is 1. The summed E-state index contributed by atoms with van der Waals surface area (Å²) in [5.41, 5.74) is -0.306. The average molecular weight is 251 g/mol. The highest BCUT2D eigenvalue weighted by atomic mass is 35.5. The van der Waals surface area contributed by atoms with Gasteiger partial charge in [0.1, 0.15) is 0 Å². The van der Waals surface area contributed by atoms with Crippen LogP contribution in [0.25, 0.3) is 0 Å². The highest BCUT2D eigenvalue weighted by Crippen LogP contribution is 2.59. The maximum Gasteiger partial charge on any atom is 0.424 e. The molecule has 0 spiro atoms. The van der Waals surface area contributed by atoms with Crippen molar-refractivity contribution in [2.24, 2.45) is 11.3 Å². The molecule has 1 unspecified atom stereocenters. The van der Waals surface area contributed by atoms with Gasteiger partial charge < -0.3 is 5.11 Å². The highest BCUT2D eigenvalue weighted by molar-refractivity contribution is 6.49. The Morgan fingerprint density at radius 3 is 1.93 bits per heavy atom. The average Bonchev–Trinajstić information content (AvgIpc) is 2.55. The SMILES string of the molecule is CC1(C)C[C@@H]1C(O)C(Cl)(Cl)C(F)(F)F. The fourth-order valence-electron chi connectivity index (χ4n) is 1.47. The fraction of sp³-hybridized carbons (Fsp3) is 1.00. The van der Waals surface area contributed by atoms with Crippen molar-refractivity contribution in [3.63, 3.8) is 0 Å². The molecule has 0 saturated heterocycles. The van der Waals surface area contributed by atoms with Gasteiger partial charge in [0.15, 0.2) is 0 Å². The normalized spacial score (nSPS) is 28.7. The van der Waals surface area contributed by atoms with Gasteiger partial charge in [-0.05, 0) is 17.8 Å². The van der Waals surface area contributed by atoms with Crippen LogP contribution in [0, 0.1) is 11.3 Å². The summed E-state index contributed by atoms with van der Waals surface area (Å²) in [6.07, 6.45) is -6.07. The minimum atomic E-state index is -4.81. The van der Waals surface area contributed by atoms with Gasteiger partial charge in [-0.2, -0.15) is 13.2 Å². The summed E-state index contributed by atoms with van der Waals surface area (Å²) < 4.78 is 33.8. The van der Waals surface area contributed by atoms with Crippen LogP contribution in [0.5, 0.6) is 0 Å². The van der Waals surface area contributed by atoms with Crippen molar-refractivity contribution < 1.29 is 18.3 Å². The quantitative estimate of drug-likeness (QED) is 0.747. The smallest absolute Gasteiger partial charge is 0.389 e. The van der Waals surface area contributed by atoms with Crippen molar-refractivity contribution in [3.05, 3.63) is 0 Å². The van der Waals surface area contributed by atoms with Crippen LogP contribution in [0.4, 0.5) is 13.2 Å². The Bertz CT molecular complexity index is 237. The molecule has 6 heteroatoms. The van der Waals surface area contributed by atoms with E-state index in [1.165, 1.54) is 0 Å². The van der Waals surface area contributed by atoms with Crippen LogP contribution >= 0.6 is 23.2 Å². The van der Waals surface area contributed by atoms with Gasteiger partial charge in [0.2, 0.25) is 4.33 Å². The summed E-state index contributed by atoms with van der Waals surface area (Å²) in [4.78, 5) is 0. The lowest BCUT2D eigenvalue weighted by atomic mass is 10.0. The van der Waals surface area contributed by atoms with E-state index in [0.717, 1.165) is 0 Å². The molecule has 0 aromatic rings. The molecule has 1 nitrogen and oxygen atoms in total. The number of alkyl halides is 5. The second-order valence-corrected chi connectivity index (χ2v) is 5.75. The Morgan fingerprint density at radius 1 is 1.36 bits per heavy atom. The maximum absolute atomic E-state index is 12.3. The van der Waals surface area contributed by atoms with Crippen molar-refractivity contribution >= 4 is 23.2 Å². The summed E-state index contributed by atoms with van der Waals surface area (Å²) in [6, 6.07) is 0. The van der Waals surface area contributed by atoms with Crippen molar-refractivity contribution in [1.82, 2.24) is 0 Å². The van der Waals surface area contributed by atoms with Crippen molar-refractivity contribution in [3.8, 4) is 0 Å². The molecule has 0 radical (unpaired) electrons. The predicted molar refractivity (Wildman–Crippen MR) is 48.4 cm³/mol. The van der Waals surface area contributed by atoms with Gasteiger partial charge in [0.25, 0.3) is 0 Å². The third-order valence-corrected chi connectivity index (χ3v) is 3.60. The van der Waals surface area contributed by atoms with Crippen LogP contribution in [-0.2, 0) is 0 Å². The predicted octanol–water partition coefficient (Wildman–Crippen LogP) is 3.13. The molecule has 0 aliphatic heterocycles. The van der Waals surface area contributed by atoms with E-state index >= 15 is 0 Å². The van der Waals surface area contributed by atoms with E-state index in [4.69, 9.17) is 23.2 Å². The first-order valence-corrected chi connectivity index (χ1v) is 4.88. The number of aliphatic hydroxyl groups is 1. The third kappa shape index (κ3) is 1.97. The lowest BCUT2D eigenvalue weighted by Crippen LogP contribution is -2.46. The minimum Gasteiger partial charge on any atom is -0.389 e. The molecule has 1 aliphatic rings. The first kappa shape index (κ1) is 12.4. The number of hydrogen-bond acceptors (Lipinski definition) is 1. The van der Waals surface area contributed by atoms with Gasteiger partial charge in [-0.25, -0.2) is 0 Å². The van der Waals surface area contributed by atoms with Gasteiger partial charge in [-0.3, -0.25) is 0 Å². The Kier molecular flexibility index (Phi) is 2.80. The molecule has 14 heavy (non-hydrogen) atoms. The zero-order chi connectivity index (χ0) is 11.4. The van der Waals surface area contributed by atoms with E-state index < -0.39 is 22.5 Å². The summed E-state index contributed by atoms with van der Waals surface area (Å²) in [6.45, 7) is 3.53. The van der Waals surface area contributed by atoms with Gasteiger partial charge in [-0.15, -0.1) is 0 Å². The van der Waals surface area contributed by atoms with E-state index in [-0.39, 0.29) is 5.41 Å². The summed E-state index contributed by atoms with van der Waals surface area (Å²) in [5.74, 6) is -0.487. The molecular weight excluding hydrogens is 240 g/mol. The van der Waals surface area contributed by atoms with Gasteiger partial charge in [-0.1, -0.05) is 37.0 Å². The summed E-state index contributed by atoms with van der Waals surface area (Å²) >= 11 is 10.2. The topological polar surface area (TPSA) is 20.2 Å². The monoisotopic (exact) mass is 250 g/mol. The van der Waals surface area contributed by atoms with Crippen LogP contribution in [0.2, 0.25) is 0 Å². The lowest BCUT2D eigenvalue weighted by Gasteiger charge is -2.28. The van der Waals surface area contributed by atoms with Gasteiger partial charge in [0, 0.05) is 0 Å². The Morgan fingerprint density at radius 2 is 1.71 bits per heavy atom. The molecule has 0 aromatic heterocycles. The molecule has 1 aliphatic carbocycles. The molecule has 84 valence electrons. The Balaban J connectivity index is 2.75. The van der Waals surface area contributed by atoms with Crippen LogP contribution < -0.4 is 0 Å². The summed E-state index contributed by atoms with van der Waals surface area (Å²) in [5, 5.41) is 9.40. The number of halogens is 5. The Hall–Kier alpha value is 0.330. The standard InChI is InChI=1S/C8H11Cl2F3O/c1-6(2)3-4(6)5(14)7(9,10)8(11,12)13/h4-5,14H,3H2,1-2H3/t4-,5?/m1/s1. The molecule has 1 fully saturated rings. The summed E-state index contributed by atoms with van der Waals surface area (Å²) in [7, 11) is 0. The maximum atomic E-state index is 12.3. The van der Waals surface area contributed by atoms with Gasteiger partial charge in [0.05, 0.1) is 6.10 Å². The first-order chi connectivity index (χ1) is 6.00. The van der Waals surface area contributed by atoms with Crippen LogP contribution in [-0.4, -0.2) is 21.7 Å². The molecule has 0 aromatic carbocycles. The van der Waals surface area contributed by atoms with Gasteiger partial charge >= 0.3 is 6.18 Å². The first-order valence-electron chi connectivity index (χ1n) is 4.13. The van der Waals surface area contributed by atoms with E-state index in [9.17, 15) is 18.3 Å². The fourth-order valence-corrected chi connectivity index (χ4v) is 1.77. The van der Waals surface area contributed by atoms with E-state index in [1.54, 1.807) is 13.8 Å². The molecule has 1 rings (SSSR count). The second kappa shape index (κ2) is 3.16. The minimum absolute atomic E-state index is 0.306. The van der Waals surface area contributed by atoms with Crippen molar-refractivity contribution in [2.75, 3.05) is 0 Å². The molecule has 1 saturated carbocycles. The molecule has 2 atom stereocenters. The highest BCUT2D eigenvalue weighted by Gasteiger charge is 2.65. The van der Waals surface area contributed by atoms with Crippen molar-refractivity contribution in [1.29, 1.82) is 0 Å². The van der Waals surface area contributed by atoms with Crippen LogP contribution in [0.3, 0.4) is 0 Å². The number of aliphatic hydroxyl groups excluding tert-OH is 1. The number of rotatable bonds is 2. The van der Waals surface area contributed by atoms with Crippen molar-refractivity contribution in [2.45, 2.75) is 36.9 Å². The molecular formula is C8H11Cl2F3O.